The van der Waals surface area contributed by atoms with E-state index in [1.807, 2.05) is 41.1 Å². The van der Waals surface area contributed by atoms with Gasteiger partial charge in [0, 0.05) is 38.5 Å². The summed E-state index contributed by atoms with van der Waals surface area (Å²) in [5.74, 6) is 0.965. The summed E-state index contributed by atoms with van der Waals surface area (Å²) in [4.78, 5) is 22.8. The van der Waals surface area contributed by atoms with Crippen LogP contribution in [0.4, 0.5) is 4.79 Å². The Morgan fingerprint density at radius 1 is 1.03 bits per heavy atom. The normalized spacial score (nSPS) is 15.9. The van der Waals surface area contributed by atoms with Crippen molar-refractivity contribution >= 4 is 24.9 Å². The summed E-state index contributed by atoms with van der Waals surface area (Å²) in [5, 5.41) is 21.5. The summed E-state index contributed by atoms with van der Waals surface area (Å²) in [6.45, 7) is 8.46. The molecule has 1 saturated heterocycles. The number of pyridine rings is 1. The molecule has 0 spiro atoms. The van der Waals surface area contributed by atoms with Crippen molar-refractivity contribution < 1.29 is 19.7 Å². The van der Waals surface area contributed by atoms with Gasteiger partial charge in [-0.25, -0.2) is 9.78 Å². The Morgan fingerprint density at radius 2 is 1.79 bits per heavy atom. The molecule has 1 fully saturated rings. The molecule has 8 nitrogen and oxygen atoms in total. The molecule has 0 bridgehead atoms. The number of phenols is 1. The van der Waals surface area contributed by atoms with Crippen molar-refractivity contribution in [3.63, 3.8) is 0 Å². The molecule has 2 aromatic carbocycles. The number of hydrogen-bond donors (Lipinski definition) is 2. The van der Waals surface area contributed by atoms with Gasteiger partial charge in [-0.2, -0.15) is 0 Å². The number of hydrogen-bond acceptors (Lipinski definition) is 5. The number of aromatic nitrogens is 3. The first-order chi connectivity index (χ1) is 18.2. The summed E-state index contributed by atoms with van der Waals surface area (Å²) >= 11 is 0. The van der Waals surface area contributed by atoms with Gasteiger partial charge >= 0.3 is 6.09 Å². The number of fused-ring (bicyclic) bond motifs is 1. The predicted octanol–water partition coefficient (Wildman–Crippen LogP) is 6.60. The molecule has 1 amide bonds. The highest BCUT2D eigenvalue weighted by Gasteiger charge is 2.33. The van der Waals surface area contributed by atoms with E-state index in [4.69, 9.17) is 14.7 Å². The van der Waals surface area contributed by atoms with Gasteiger partial charge in [-0.15, -0.1) is 0 Å². The Labute approximate surface area is 223 Å². The first-order valence-electron chi connectivity index (χ1n) is 13.0. The van der Waals surface area contributed by atoms with Gasteiger partial charge in [0.2, 0.25) is 0 Å². The van der Waals surface area contributed by atoms with Crippen molar-refractivity contribution in [2.24, 2.45) is 0 Å². The fourth-order valence-electron chi connectivity index (χ4n) is 4.93. The second kappa shape index (κ2) is 10.6. The molecule has 4 aromatic rings. The Kier molecular flexibility index (Phi) is 7.22. The number of imidazole rings is 1. The van der Waals surface area contributed by atoms with E-state index in [9.17, 15) is 15.0 Å². The topological polar surface area (TPSA) is 101 Å². The molecule has 0 radical (unpaired) electrons. The van der Waals surface area contributed by atoms with Crippen LogP contribution in [0.5, 0.6) is 5.75 Å². The molecule has 2 N–H and O–H groups in total. The van der Waals surface area contributed by atoms with Gasteiger partial charge in [0.05, 0.1) is 23.6 Å². The van der Waals surface area contributed by atoms with Crippen molar-refractivity contribution in [3.8, 4) is 28.3 Å². The number of carboxylic acid groups (broad SMARTS) is 1. The molecule has 5 rings (SSSR count). The molecule has 198 valence electrons. The number of ether oxygens (including phenoxy) is 1. The second-order valence-electron chi connectivity index (χ2n) is 11.1. The maximum Gasteiger partial charge on any atom is 0.407 e. The van der Waals surface area contributed by atoms with Gasteiger partial charge in [-0.1, -0.05) is 37.8 Å². The standard InChI is InChI=1S/C29H34N4O4Si/c1-38(2,3)14-13-37-19-33-27(18-31-28(33)26-5-4-12-32(26)29(35)36)23-9-11-25(30-17-23)22-7-6-21-16-24(34)10-8-20(21)15-22/h6-11,15-18,26,34H,4-5,12-14,19H2,1-3H3,(H,35,36)/t26-/m0/s1. The zero-order valence-electron chi connectivity index (χ0n) is 22.1. The fraction of sp³-hybridized carbons (Fsp3) is 0.345. The number of phenolic OH excluding ortho intramolecular Hbond substituents is 1. The fourth-order valence-corrected chi connectivity index (χ4v) is 5.69. The van der Waals surface area contributed by atoms with Crippen LogP contribution in [0.1, 0.15) is 24.7 Å². The molecule has 2 aromatic heterocycles. The van der Waals surface area contributed by atoms with Gasteiger partial charge in [-0.3, -0.25) is 9.88 Å². The van der Waals surface area contributed by atoms with E-state index in [0.717, 1.165) is 58.0 Å². The average Bonchev–Trinajstić information content (AvgIpc) is 3.53. The predicted molar refractivity (Wildman–Crippen MR) is 151 cm³/mol. The SMILES string of the molecule is C[Si](C)(C)CCOCn1c(-c2ccc(-c3ccc4cc(O)ccc4c3)nc2)cnc1[C@@H]1CCCN1C(=O)O. The summed E-state index contributed by atoms with van der Waals surface area (Å²) in [5.41, 5.74) is 3.58. The van der Waals surface area contributed by atoms with Gasteiger partial charge in [-0.05, 0) is 60.0 Å². The van der Waals surface area contributed by atoms with E-state index in [2.05, 4.69) is 25.7 Å². The highest BCUT2D eigenvalue weighted by Crippen LogP contribution is 2.34. The molecule has 0 aliphatic carbocycles. The molecule has 9 heteroatoms. The lowest BCUT2D eigenvalue weighted by Gasteiger charge is -2.23. The van der Waals surface area contributed by atoms with Gasteiger partial charge in [0.25, 0.3) is 0 Å². The summed E-state index contributed by atoms with van der Waals surface area (Å²) in [6.07, 6.45) is 4.28. The van der Waals surface area contributed by atoms with Crippen LogP contribution >= 0.6 is 0 Å². The smallest absolute Gasteiger partial charge is 0.407 e. The quantitative estimate of drug-likeness (QED) is 0.197. The summed E-state index contributed by atoms with van der Waals surface area (Å²) in [7, 11) is -1.24. The monoisotopic (exact) mass is 530 g/mol. The van der Waals surface area contributed by atoms with Crippen LogP contribution in [0.25, 0.3) is 33.3 Å². The van der Waals surface area contributed by atoms with Crippen molar-refractivity contribution in [2.45, 2.75) is 51.3 Å². The Morgan fingerprint density at radius 3 is 2.53 bits per heavy atom. The van der Waals surface area contributed by atoms with Crippen LogP contribution in [0.15, 0.2) is 60.9 Å². The summed E-state index contributed by atoms with van der Waals surface area (Å²) in [6, 6.07) is 16.1. The second-order valence-corrected chi connectivity index (χ2v) is 16.7. The van der Waals surface area contributed by atoms with Crippen molar-refractivity contribution in [1.29, 1.82) is 0 Å². The highest BCUT2D eigenvalue weighted by molar-refractivity contribution is 6.76. The lowest BCUT2D eigenvalue weighted by atomic mass is 10.0. The van der Waals surface area contributed by atoms with E-state index in [0.29, 0.717) is 19.9 Å². The maximum atomic E-state index is 11.9. The molecule has 38 heavy (non-hydrogen) atoms. The van der Waals surface area contributed by atoms with E-state index in [-0.39, 0.29) is 11.8 Å². The number of rotatable bonds is 8. The lowest BCUT2D eigenvalue weighted by molar-refractivity contribution is 0.0815. The minimum Gasteiger partial charge on any atom is -0.508 e. The third-order valence-electron chi connectivity index (χ3n) is 7.08. The zero-order valence-corrected chi connectivity index (χ0v) is 23.1. The minimum atomic E-state index is -1.24. The van der Waals surface area contributed by atoms with Crippen LogP contribution in [0.2, 0.25) is 25.7 Å². The van der Waals surface area contributed by atoms with E-state index >= 15 is 0 Å². The van der Waals surface area contributed by atoms with Crippen LogP contribution in [-0.4, -0.2) is 57.0 Å². The van der Waals surface area contributed by atoms with Crippen LogP contribution in [-0.2, 0) is 11.5 Å². The average molecular weight is 531 g/mol. The Hall–Kier alpha value is -3.69. The molecule has 0 unspecified atom stereocenters. The Balaban J connectivity index is 1.44. The van der Waals surface area contributed by atoms with Crippen LogP contribution in [0, 0.1) is 0 Å². The maximum absolute atomic E-state index is 11.9. The third kappa shape index (κ3) is 5.58. The van der Waals surface area contributed by atoms with E-state index < -0.39 is 14.2 Å². The Bertz CT molecular complexity index is 1450. The number of amides is 1. The van der Waals surface area contributed by atoms with E-state index in [1.165, 1.54) is 4.90 Å². The highest BCUT2D eigenvalue weighted by atomic mass is 28.3. The van der Waals surface area contributed by atoms with Crippen molar-refractivity contribution in [2.75, 3.05) is 13.2 Å². The van der Waals surface area contributed by atoms with Crippen molar-refractivity contribution in [3.05, 3.63) is 66.7 Å². The van der Waals surface area contributed by atoms with Crippen molar-refractivity contribution in [1.82, 2.24) is 19.4 Å². The number of aromatic hydroxyl groups is 1. The first kappa shape index (κ1) is 25.9. The number of likely N-dealkylation sites (tertiary alicyclic amines) is 1. The molecule has 3 heterocycles. The van der Waals surface area contributed by atoms with E-state index in [1.54, 1.807) is 18.3 Å². The van der Waals surface area contributed by atoms with Gasteiger partial charge in [0.1, 0.15) is 18.3 Å². The number of nitrogens with zero attached hydrogens (tertiary/aromatic N) is 4. The zero-order chi connectivity index (χ0) is 26.9. The largest absolute Gasteiger partial charge is 0.508 e. The van der Waals surface area contributed by atoms with Crippen LogP contribution < -0.4 is 0 Å². The lowest BCUT2D eigenvalue weighted by Crippen LogP contribution is -2.31. The number of benzene rings is 2. The molecule has 0 saturated carbocycles. The van der Waals surface area contributed by atoms with Gasteiger partial charge < -0.3 is 19.5 Å². The summed E-state index contributed by atoms with van der Waals surface area (Å²) < 4.78 is 8.12. The molecular formula is C29H34N4O4Si. The third-order valence-corrected chi connectivity index (χ3v) is 8.78. The molecule has 1 atom stereocenters. The van der Waals surface area contributed by atoms with Gasteiger partial charge in [0.15, 0.2) is 0 Å². The molecule has 1 aliphatic heterocycles. The first-order valence-corrected chi connectivity index (χ1v) is 16.7. The van der Waals surface area contributed by atoms with Crippen LogP contribution in [0.3, 0.4) is 0 Å². The molecule has 1 aliphatic rings. The number of carbonyl (C=O) groups is 1. The molecular weight excluding hydrogens is 496 g/mol. The minimum absolute atomic E-state index is 0.247.